The average Bonchev–Trinajstić information content (AvgIpc) is 2.29. The van der Waals surface area contributed by atoms with Crippen LogP contribution in [-0.4, -0.2) is 36.8 Å². The quantitative estimate of drug-likeness (QED) is 0.864. The molecule has 0 saturated carbocycles. The van der Waals surface area contributed by atoms with Crippen LogP contribution in [0, 0.1) is 0 Å². The lowest BCUT2D eigenvalue weighted by molar-refractivity contribution is 0.324. The standard InChI is InChI=1S/C13H21N3O/c1-4-17-12-7-5-6-11(15-12)16-9-8-14-10-13(16,2)3/h5-7,14H,4,8-10H2,1-3H3. The fraction of sp³-hybridized carbons (Fsp3) is 0.615. The molecule has 4 heteroatoms. The van der Waals surface area contributed by atoms with Gasteiger partial charge in [0.25, 0.3) is 0 Å². The van der Waals surface area contributed by atoms with Gasteiger partial charge in [-0.15, -0.1) is 0 Å². The first-order valence-corrected chi connectivity index (χ1v) is 6.22. The van der Waals surface area contributed by atoms with Crippen molar-refractivity contribution < 1.29 is 4.74 Å². The van der Waals surface area contributed by atoms with Gasteiger partial charge in [0, 0.05) is 31.2 Å². The zero-order valence-corrected chi connectivity index (χ0v) is 10.9. The molecule has 1 aliphatic rings. The van der Waals surface area contributed by atoms with E-state index in [1.54, 1.807) is 0 Å². The Kier molecular flexibility index (Phi) is 3.52. The van der Waals surface area contributed by atoms with Crippen LogP contribution in [0.5, 0.6) is 5.88 Å². The van der Waals surface area contributed by atoms with Crippen molar-refractivity contribution in [2.45, 2.75) is 26.3 Å². The van der Waals surface area contributed by atoms with Crippen LogP contribution in [0.4, 0.5) is 5.82 Å². The first kappa shape index (κ1) is 12.2. The van der Waals surface area contributed by atoms with Crippen LogP contribution in [0.1, 0.15) is 20.8 Å². The van der Waals surface area contributed by atoms with Crippen LogP contribution in [0.2, 0.25) is 0 Å². The maximum absolute atomic E-state index is 5.45. The summed E-state index contributed by atoms with van der Waals surface area (Å²) in [5.74, 6) is 1.71. The molecule has 0 spiro atoms. The summed E-state index contributed by atoms with van der Waals surface area (Å²) in [5.41, 5.74) is 0.0933. The highest BCUT2D eigenvalue weighted by Gasteiger charge is 2.30. The lowest BCUT2D eigenvalue weighted by atomic mass is 10.0. The first-order chi connectivity index (χ1) is 8.13. The highest BCUT2D eigenvalue weighted by Crippen LogP contribution is 2.25. The summed E-state index contributed by atoms with van der Waals surface area (Å²) in [4.78, 5) is 6.90. The molecule has 1 aromatic rings. The van der Waals surface area contributed by atoms with E-state index in [2.05, 4.69) is 35.1 Å². The van der Waals surface area contributed by atoms with E-state index in [0.717, 1.165) is 25.5 Å². The fourth-order valence-corrected chi connectivity index (χ4v) is 2.19. The number of rotatable bonds is 3. The van der Waals surface area contributed by atoms with E-state index in [-0.39, 0.29) is 5.54 Å². The van der Waals surface area contributed by atoms with Gasteiger partial charge in [-0.05, 0) is 26.8 Å². The highest BCUT2D eigenvalue weighted by molar-refractivity contribution is 5.44. The Hall–Kier alpha value is -1.29. The van der Waals surface area contributed by atoms with Crippen LogP contribution < -0.4 is 15.0 Å². The molecule has 4 nitrogen and oxygen atoms in total. The van der Waals surface area contributed by atoms with E-state index in [1.165, 1.54) is 0 Å². The van der Waals surface area contributed by atoms with Crippen molar-refractivity contribution in [2.24, 2.45) is 0 Å². The normalized spacial score (nSPS) is 19.1. The summed E-state index contributed by atoms with van der Waals surface area (Å²) in [6.45, 7) is 10.1. The zero-order chi connectivity index (χ0) is 12.3. The Morgan fingerprint density at radius 1 is 1.47 bits per heavy atom. The van der Waals surface area contributed by atoms with Crippen molar-refractivity contribution in [3.8, 4) is 5.88 Å². The van der Waals surface area contributed by atoms with Crippen molar-refractivity contribution in [1.82, 2.24) is 10.3 Å². The SMILES string of the molecule is CCOc1cccc(N2CCNCC2(C)C)n1. The number of pyridine rings is 1. The molecule has 94 valence electrons. The summed E-state index contributed by atoms with van der Waals surface area (Å²) in [6.07, 6.45) is 0. The monoisotopic (exact) mass is 235 g/mol. The predicted molar refractivity (Wildman–Crippen MR) is 69.7 cm³/mol. The van der Waals surface area contributed by atoms with Crippen molar-refractivity contribution >= 4 is 5.82 Å². The number of hydrogen-bond donors (Lipinski definition) is 1. The highest BCUT2D eigenvalue weighted by atomic mass is 16.5. The van der Waals surface area contributed by atoms with Gasteiger partial charge in [-0.3, -0.25) is 0 Å². The molecule has 0 aliphatic carbocycles. The Morgan fingerprint density at radius 2 is 2.29 bits per heavy atom. The largest absolute Gasteiger partial charge is 0.478 e. The summed E-state index contributed by atoms with van der Waals surface area (Å²) in [6, 6.07) is 5.96. The second-order valence-electron chi connectivity index (χ2n) is 4.91. The van der Waals surface area contributed by atoms with Gasteiger partial charge < -0.3 is 15.0 Å². The summed E-state index contributed by atoms with van der Waals surface area (Å²) < 4.78 is 5.45. The molecule has 0 aromatic carbocycles. The Balaban J connectivity index is 2.23. The van der Waals surface area contributed by atoms with Crippen LogP contribution in [0.25, 0.3) is 0 Å². The third-order valence-electron chi connectivity index (χ3n) is 3.08. The number of hydrogen-bond acceptors (Lipinski definition) is 4. The minimum atomic E-state index is 0.0933. The number of anilines is 1. The van der Waals surface area contributed by atoms with Crippen molar-refractivity contribution in [3.05, 3.63) is 18.2 Å². The first-order valence-electron chi connectivity index (χ1n) is 6.22. The molecule has 1 saturated heterocycles. The minimum absolute atomic E-state index is 0.0933. The van der Waals surface area contributed by atoms with Crippen molar-refractivity contribution in [3.63, 3.8) is 0 Å². The fourth-order valence-electron chi connectivity index (χ4n) is 2.19. The summed E-state index contributed by atoms with van der Waals surface area (Å²) in [5, 5.41) is 3.41. The second-order valence-corrected chi connectivity index (χ2v) is 4.91. The molecule has 0 atom stereocenters. The molecular formula is C13H21N3O. The van der Waals surface area contributed by atoms with E-state index in [1.807, 2.05) is 19.1 Å². The molecule has 17 heavy (non-hydrogen) atoms. The van der Waals surface area contributed by atoms with Gasteiger partial charge in [-0.1, -0.05) is 6.07 Å². The Bertz CT molecular complexity index is 379. The van der Waals surface area contributed by atoms with Gasteiger partial charge in [0.05, 0.1) is 6.61 Å². The lowest BCUT2D eigenvalue weighted by Gasteiger charge is -2.43. The van der Waals surface area contributed by atoms with Gasteiger partial charge in [-0.25, -0.2) is 0 Å². The van der Waals surface area contributed by atoms with Gasteiger partial charge in [-0.2, -0.15) is 4.98 Å². The van der Waals surface area contributed by atoms with E-state index < -0.39 is 0 Å². The van der Waals surface area contributed by atoms with E-state index in [9.17, 15) is 0 Å². The van der Waals surface area contributed by atoms with Crippen LogP contribution in [0.15, 0.2) is 18.2 Å². The molecule has 0 amide bonds. The van der Waals surface area contributed by atoms with Crippen LogP contribution in [-0.2, 0) is 0 Å². The molecule has 1 N–H and O–H groups in total. The molecule has 1 aliphatic heterocycles. The number of piperazine rings is 1. The predicted octanol–water partition coefficient (Wildman–Crippen LogP) is 1.67. The molecular weight excluding hydrogens is 214 g/mol. The maximum atomic E-state index is 5.45. The maximum Gasteiger partial charge on any atom is 0.215 e. The number of ether oxygens (including phenoxy) is 1. The van der Waals surface area contributed by atoms with E-state index in [0.29, 0.717) is 12.5 Å². The topological polar surface area (TPSA) is 37.4 Å². The third-order valence-corrected chi connectivity index (χ3v) is 3.08. The Morgan fingerprint density at radius 3 is 3.00 bits per heavy atom. The summed E-state index contributed by atoms with van der Waals surface area (Å²) in [7, 11) is 0. The van der Waals surface area contributed by atoms with Crippen molar-refractivity contribution in [1.29, 1.82) is 0 Å². The van der Waals surface area contributed by atoms with Crippen molar-refractivity contribution in [2.75, 3.05) is 31.1 Å². The van der Waals surface area contributed by atoms with Gasteiger partial charge in [0.15, 0.2) is 0 Å². The van der Waals surface area contributed by atoms with Gasteiger partial charge in [0.2, 0.25) is 5.88 Å². The molecule has 2 rings (SSSR count). The lowest BCUT2D eigenvalue weighted by Crippen LogP contribution is -2.58. The number of nitrogens with one attached hydrogen (secondary N) is 1. The van der Waals surface area contributed by atoms with Gasteiger partial charge >= 0.3 is 0 Å². The molecule has 0 unspecified atom stereocenters. The molecule has 1 fully saturated rings. The smallest absolute Gasteiger partial charge is 0.215 e. The Labute approximate surface area is 103 Å². The number of aromatic nitrogens is 1. The van der Waals surface area contributed by atoms with E-state index >= 15 is 0 Å². The molecule has 0 bridgehead atoms. The second kappa shape index (κ2) is 4.92. The minimum Gasteiger partial charge on any atom is -0.478 e. The molecule has 2 heterocycles. The van der Waals surface area contributed by atoms with E-state index in [4.69, 9.17) is 4.74 Å². The average molecular weight is 235 g/mol. The van der Waals surface area contributed by atoms with Gasteiger partial charge in [0.1, 0.15) is 5.82 Å². The van der Waals surface area contributed by atoms with Crippen LogP contribution in [0.3, 0.4) is 0 Å². The summed E-state index contributed by atoms with van der Waals surface area (Å²) >= 11 is 0. The number of nitrogens with zero attached hydrogens (tertiary/aromatic N) is 2. The zero-order valence-electron chi connectivity index (χ0n) is 10.9. The molecule has 1 aromatic heterocycles. The molecule has 0 radical (unpaired) electrons. The third kappa shape index (κ3) is 2.69. The van der Waals surface area contributed by atoms with Crippen LogP contribution >= 0.6 is 0 Å².